The van der Waals surface area contributed by atoms with Gasteiger partial charge in [0.2, 0.25) is 10.0 Å². The van der Waals surface area contributed by atoms with Crippen LogP contribution in [0.3, 0.4) is 0 Å². The number of nitrogens with zero attached hydrogens (tertiary/aromatic N) is 1. The number of rotatable bonds is 4. The van der Waals surface area contributed by atoms with Crippen molar-refractivity contribution in [1.29, 1.82) is 0 Å². The molecule has 0 aliphatic rings. The van der Waals surface area contributed by atoms with Gasteiger partial charge in [-0.05, 0) is 52.9 Å². The summed E-state index contributed by atoms with van der Waals surface area (Å²) in [7, 11) is -0.597. The topological polar surface area (TPSA) is 66.5 Å². The third kappa shape index (κ3) is 3.65. The molecule has 1 N–H and O–H groups in total. The maximum atomic E-state index is 12.3. The molecule has 2 aromatic rings. The van der Waals surface area contributed by atoms with E-state index in [4.69, 9.17) is 0 Å². The van der Waals surface area contributed by atoms with Crippen LogP contribution in [-0.2, 0) is 10.0 Å². The van der Waals surface area contributed by atoms with Gasteiger partial charge in [-0.1, -0.05) is 18.2 Å². The first-order valence-electron chi connectivity index (χ1n) is 6.41. The first-order chi connectivity index (χ1) is 10.3. The van der Waals surface area contributed by atoms with Crippen LogP contribution in [0.25, 0.3) is 0 Å². The summed E-state index contributed by atoms with van der Waals surface area (Å²) in [5.74, 6) is -0.274. The van der Waals surface area contributed by atoms with E-state index in [9.17, 15) is 13.2 Å². The van der Waals surface area contributed by atoms with E-state index in [1.807, 2.05) is 12.1 Å². The molecule has 116 valence electrons. The van der Waals surface area contributed by atoms with Crippen molar-refractivity contribution in [2.45, 2.75) is 4.90 Å². The van der Waals surface area contributed by atoms with Crippen molar-refractivity contribution in [2.24, 2.45) is 0 Å². The van der Waals surface area contributed by atoms with E-state index in [1.165, 1.54) is 26.2 Å². The van der Waals surface area contributed by atoms with Gasteiger partial charge in [0.05, 0.1) is 10.5 Å². The Morgan fingerprint density at radius 2 is 1.77 bits per heavy atom. The minimum Gasteiger partial charge on any atom is -0.322 e. The monoisotopic (exact) mass is 430 g/mol. The third-order valence-electron chi connectivity index (χ3n) is 2.99. The number of nitrogens with one attached hydrogen (secondary N) is 1. The van der Waals surface area contributed by atoms with Crippen molar-refractivity contribution in [3.8, 4) is 0 Å². The molecule has 0 radical (unpaired) electrons. The van der Waals surface area contributed by atoms with Crippen molar-refractivity contribution in [3.63, 3.8) is 0 Å². The van der Waals surface area contributed by atoms with E-state index in [0.29, 0.717) is 11.3 Å². The Kier molecular flexibility index (Phi) is 5.20. The fourth-order valence-corrected chi connectivity index (χ4v) is 3.37. The normalized spacial score (nSPS) is 11.5. The van der Waals surface area contributed by atoms with Crippen molar-refractivity contribution < 1.29 is 13.2 Å². The Hall–Kier alpha value is -1.45. The minimum absolute atomic E-state index is 0.137. The smallest absolute Gasteiger partial charge is 0.256 e. The lowest BCUT2D eigenvalue weighted by Crippen LogP contribution is -2.22. The molecule has 0 fully saturated rings. The fourth-order valence-electron chi connectivity index (χ4n) is 1.79. The van der Waals surface area contributed by atoms with Gasteiger partial charge < -0.3 is 5.32 Å². The predicted octanol–water partition coefficient (Wildman–Crippen LogP) is 2.79. The number of amides is 1. The first-order valence-corrected chi connectivity index (χ1v) is 8.93. The Balaban J connectivity index is 2.29. The van der Waals surface area contributed by atoms with Gasteiger partial charge in [0.1, 0.15) is 0 Å². The summed E-state index contributed by atoms with van der Waals surface area (Å²) >= 11 is 2.08. The second kappa shape index (κ2) is 6.76. The highest BCUT2D eigenvalue weighted by Crippen LogP contribution is 2.19. The number of anilines is 1. The van der Waals surface area contributed by atoms with Crippen LogP contribution >= 0.6 is 22.6 Å². The van der Waals surface area contributed by atoms with Crippen LogP contribution in [0.4, 0.5) is 5.69 Å². The second-order valence-electron chi connectivity index (χ2n) is 4.75. The summed E-state index contributed by atoms with van der Waals surface area (Å²) in [6.07, 6.45) is 0. The largest absolute Gasteiger partial charge is 0.322 e. The maximum Gasteiger partial charge on any atom is 0.256 e. The number of carbonyl (C=O) groups excluding carboxylic acids is 1. The van der Waals surface area contributed by atoms with Crippen LogP contribution in [0.2, 0.25) is 0 Å². The number of hydrogen-bond donors (Lipinski definition) is 1. The Labute approximate surface area is 143 Å². The van der Waals surface area contributed by atoms with Gasteiger partial charge >= 0.3 is 0 Å². The molecule has 0 unspecified atom stereocenters. The average Bonchev–Trinajstić information content (AvgIpc) is 2.47. The molecule has 0 aliphatic carbocycles. The van der Waals surface area contributed by atoms with E-state index < -0.39 is 10.0 Å². The van der Waals surface area contributed by atoms with E-state index in [1.54, 1.807) is 24.3 Å². The lowest BCUT2D eigenvalue weighted by molar-refractivity contribution is 0.102. The van der Waals surface area contributed by atoms with Gasteiger partial charge in [-0.15, -0.1) is 0 Å². The molecular weight excluding hydrogens is 415 g/mol. The van der Waals surface area contributed by atoms with E-state index in [2.05, 4.69) is 27.9 Å². The number of halogens is 1. The molecule has 0 saturated carbocycles. The van der Waals surface area contributed by atoms with Crippen LogP contribution in [-0.4, -0.2) is 32.7 Å². The highest BCUT2D eigenvalue weighted by molar-refractivity contribution is 14.1. The molecular formula is C15H15IN2O3S. The minimum atomic E-state index is -3.53. The highest BCUT2D eigenvalue weighted by atomic mass is 127. The summed E-state index contributed by atoms with van der Waals surface area (Å²) in [5.41, 5.74) is 0.983. The van der Waals surface area contributed by atoms with Crippen molar-refractivity contribution in [3.05, 3.63) is 57.7 Å². The van der Waals surface area contributed by atoms with Crippen LogP contribution in [0, 0.1) is 3.57 Å². The van der Waals surface area contributed by atoms with Crippen LogP contribution in [0.15, 0.2) is 53.4 Å². The van der Waals surface area contributed by atoms with Gasteiger partial charge in [0.15, 0.2) is 0 Å². The van der Waals surface area contributed by atoms with Gasteiger partial charge in [0.25, 0.3) is 5.91 Å². The number of hydrogen-bond acceptors (Lipinski definition) is 3. The lowest BCUT2D eigenvalue weighted by atomic mass is 10.2. The van der Waals surface area contributed by atoms with E-state index in [0.717, 1.165) is 7.88 Å². The van der Waals surface area contributed by atoms with Crippen molar-refractivity contribution in [2.75, 3.05) is 19.4 Å². The zero-order chi connectivity index (χ0) is 16.3. The highest BCUT2D eigenvalue weighted by Gasteiger charge is 2.18. The zero-order valence-electron chi connectivity index (χ0n) is 12.1. The SMILES string of the molecule is CN(C)S(=O)(=O)c1cccc(NC(=O)c2ccccc2I)c1. The Morgan fingerprint density at radius 3 is 2.41 bits per heavy atom. The van der Waals surface area contributed by atoms with Crippen molar-refractivity contribution >= 4 is 44.2 Å². The molecule has 2 rings (SSSR count). The molecule has 0 spiro atoms. The van der Waals surface area contributed by atoms with Gasteiger partial charge in [-0.2, -0.15) is 0 Å². The predicted molar refractivity (Wildman–Crippen MR) is 94.4 cm³/mol. The molecule has 1 amide bonds. The molecule has 22 heavy (non-hydrogen) atoms. The summed E-state index contributed by atoms with van der Waals surface area (Å²) in [6.45, 7) is 0. The standard InChI is InChI=1S/C15H15IN2O3S/c1-18(2)22(20,21)12-7-5-6-11(10-12)17-15(19)13-8-3-4-9-14(13)16/h3-10H,1-2H3,(H,17,19). The molecule has 0 bridgehead atoms. The molecule has 0 atom stereocenters. The number of sulfonamides is 1. The zero-order valence-corrected chi connectivity index (χ0v) is 15.1. The molecule has 0 aliphatic heterocycles. The summed E-state index contributed by atoms with van der Waals surface area (Å²) in [5, 5.41) is 2.72. The molecule has 0 aromatic heterocycles. The van der Waals surface area contributed by atoms with Gasteiger partial charge in [0, 0.05) is 23.4 Å². The summed E-state index contributed by atoms with van der Waals surface area (Å²) < 4.78 is 26.2. The third-order valence-corrected chi connectivity index (χ3v) is 5.74. The van der Waals surface area contributed by atoms with E-state index in [-0.39, 0.29) is 10.8 Å². The molecule has 7 heteroatoms. The maximum absolute atomic E-state index is 12.3. The van der Waals surface area contributed by atoms with Crippen molar-refractivity contribution in [1.82, 2.24) is 4.31 Å². The van der Waals surface area contributed by atoms with Crippen LogP contribution in [0.5, 0.6) is 0 Å². The van der Waals surface area contributed by atoms with Gasteiger partial charge in [-0.3, -0.25) is 4.79 Å². The number of benzene rings is 2. The first kappa shape index (κ1) is 16.9. The summed E-state index contributed by atoms with van der Waals surface area (Å²) in [6, 6.07) is 13.4. The molecule has 5 nitrogen and oxygen atoms in total. The van der Waals surface area contributed by atoms with Gasteiger partial charge in [-0.25, -0.2) is 12.7 Å². The molecule has 0 heterocycles. The molecule has 2 aromatic carbocycles. The van der Waals surface area contributed by atoms with E-state index >= 15 is 0 Å². The quantitative estimate of drug-likeness (QED) is 0.759. The van der Waals surface area contributed by atoms with Crippen LogP contribution < -0.4 is 5.32 Å². The fraction of sp³-hybridized carbons (Fsp3) is 0.133. The van der Waals surface area contributed by atoms with Crippen LogP contribution in [0.1, 0.15) is 10.4 Å². The molecule has 0 saturated heterocycles. The second-order valence-corrected chi connectivity index (χ2v) is 8.06. The Bertz CT molecular complexity index is 804. The Morgan fingerprint density at radius 1 is 1.09 bits per heavy atom. The summed E-state index contributed by atoms with van der Waals surface area (Å²) in [4.78, 5) is 12.4. The number of carbonyl (C=O) groups is 1. The average molecular weight is 430 g/mol. The lowest BCUT2D eigenvalue weighted by Gasteiger charge is -2.13.